The molecule has 2 heterocycles. The van der Waals surface area contributed by atoms with Crippen LogP contribution in [0.1, 0.15) is 43.2 Å². The Bertz CT molecular complexity index is 557. The van der Waals surface area contributed by atoms with Gasteiger partial charge >= 0.3 is 0 Å². The molecule has 2 aliphatic heterocycles. The smallest absolute Gasteiger partial charge is 0.0991 e. The van der Waals surface area contributed by atoms with Crippen LogP contribution in [0.15, 0.2) is 24.3 Å². The summed E-state index contributed by atoms with van der Waals surface area (Å²) in [6, 6.07) is 10.1. The van der Waals surface area contributed by atoms with Gasteiger partial charge in [-0.3, -0.25) is 4.90 Å². The summed E-state index contributed by atoms with van der Waals surface area (Å²) >= 11 is 0. The number of aliphatic hydroxyl groups is 1. The number of piperidine rings is 1. The molecule has 124 valence electrons. The minimum absolute atomic E-state index is 0.0447. The molecule has 0 radical (unpaired) electrons. The van der Waals surface area contributed by atoms with Crippen LogP contribution >= 0.6 is 0 Å². The Hall–Kier alpha value is -1.41. The van der Waals surface area contributed by atoms with Crippen molar-refractivity contribution >= 4 is 0 Å². The average molecular weight is 314 g/mol. The van der Waals surface area contributed by atoms with E-state index in [-0.39, 0.29) is 5.60 Å². The topological polar surface area (TPSA) is 56.5 Å². The van der Waals surface area contributed by atoms with E-state index in [0.29, 0.717) is 12.5 Å². The highest BCUT2D eigenvalue weighted by molar-refractivity contribution is 5.32. The number of hydrogen-bond acceptors (Lipinski definition) is 4. The van der Waals surface area contributed by atoms with E-state index in [2.05, 4.69) is 17.0 Å². The van der Waals surface area contributed by atoms with Crippen LogP contribution < -0.4 is 0 Å². The summed E-state index contributed by atoms with van der Waals surface area (Å²) in [5.41, 5.74) is 1.99. The second-order valence-corrected chi connectivity index (χ2v) is 6.99. The Balaban J connectivity index is 1.54. The molecule has 1 aromatic rings. The summed E-state index contributed by atoms with van der Waals surface area (Å²) in [5, 5.41) is 18.2. The van der Waals surface area contributed by atoms with Crippen molar-refractivity contribution in [3.8, 4) is 6.07 Å². The fourth-order valence-electron chi connectivity index (χ4n) is 4.02. The number of likely N-dealkylation sites (tertiary alicyclic amines) is 1. The third-order valence-corrected chi connectivity index (χ3v) is 5.36. The molecule has 0 amide bonds. The van der Waals surface area contributed by atoms with Crippen molar-refractivity contribution < 1.29 is 9.84 Å². The van der Waals surface area contributed by atoms with Crippen molar-refractivity contribution in [3.05, 3.63) is 35.4 Å². The second-order valence-electron chi connectivity index (χ2n) is 6.99. The highest BCUT2D eigenvalue weighted by Crippen LogP contribution is 2.38. The molecule has 1 spiro atoms. The first-order valence-corrected chi connectivity index (χ1v) is 8.69. The molecular weight excluding hydrogens is 288 g/mol. The molecule has 3 rings (SSSR count). The lowest BCUT2D eigenvalue weighted by atomic mass is 9.78. The number of aliphatic hydroxyl groups excluding tert-OH is 1. The third-order valence-electron chi connectivity index (χ3n) is 5.36. The summed E-state index contributed by atoms with van der Waals surface area (Å²) in [6.07, 6.45) is 5.26. The maximum atomic E-state index is 9.18. The van der Waals surface area contributed by atoms with Crippen molar-refractivity contribution in [2.24, 2.45) is 5.92 Å². The van der Waals surface area contributed by atoms with Crippen LogP contribution in [-0.2, 0) is 11.3 Å². The fraction of sp³-hybridized carbons (Fsp3) is 0.632. The standard InChI is InChI=1S/C19H26N2O2/c20-14-17-2-1-3-18(12-17)15-21-8-6-19(7-9-21)13-16(4-10-22)5-11-23-19/h1-3,12,16,22H,4-11,13,15H2. The Morgan fingerprint density at radius 2 is 2.17 bits per heavy atom. The lowest BCUT2D eigenvalue weighted by Crippen LogP contribution is -2.49. The summed E-state index contributed by atoms with van der Waals surface area (Å²) in [4.78, 5) is 2.46. The summed E-state index contributed by atoms with van der Waals surface area (Å²) in [5.74, 6) is 0.618. The van der Waals surface area contributed by atoms with E-state index in [0.717, 1.165) is 63.9 Å². The lowest BCUT2D eigenvalue weighted by molar-refractivity contribution is -0.129. The predicted octanol–water partition coefficient (Wildman–Crippen LogP) is 2.70. The van der Waals surface area contributed by atoms with Gasteiger partial charge in [0.25, 0.3) is 0 Å². The molecule has 4 nitrogen and oxygen atoms in total. The van der Waals surface area contributed by atoms with Gasteiger partial charge in [-0.15, -0.1) is 0 Å². The van der Waals surface area contributed by atoms with Crippen molar-refractivity contribution in [2.75, 3.05) is 26.3 Å². The van der Waals surface area contributed by atoms with E-state index in [9.17, 15) is 5.11 Å². The molecule has 1 atom stereocenters. The van der Waals surface area contributed by atoms with Gasteiger partial charge < -0.3 is 9.84 Å². The number of nitrogens with zero attached hydrogens (tertiary/aromatic N) is 2. The zero-order valence-corrected chi connectivity index (χ0v) is 13.7. The van der Waals surface area contributed by atoms with Crippen molar-refractivity contribution in [1.82, 2.24) is 4.90 Å². The van der Waals surface area contributed by atoms with Gasteiger partial charge in [0.2, 0.25) is 0 Å². The molecule has 0 bridgehead atoms. The maximum absolute atomic E-state index is 9.18. The van der Waals surface area contributed by atoms with Gasteiger partial charge in [0.15, 0.2) is 0 Å². The molecule has 0 aromatic heterocycles. The van der Waals surface area contributed by atoms with E-state index in [4.69, 9.17) is 10.00 Å². The van der Waals surface area contributed by atoms with E-state index in [1.54, 1.807) is 0 Å². The highest BCUT2D eigenvalue weighted by atomic mass is 16.5. The Labute approximate surface area is 138 Å². The summed E-state index contributed by atoms with van der Waals surface area (Å²) in [7, 11) is 0. The van der Waals surface area contributed by atoms with Crippen molar-refractivity contribution in [1.29, 1.82) is 5.26 Å². The van der Waals surface area contributed by atoms with Gasteiger partial charge in [-0.05, 0) is 55.7 Å². The molecule has 23 heavy (non-hydrogen) atoms. The van der Waals surface area contributed by atoms with Crippen LogP contribution in [0, 0.1) is 17.2 Å². The van der Waals surface area contributed by atoms with E-state index in [1.165, 1.54) is 5.56 Å². The maximum Gasteiger partial charge on any atom is 0.0991 e. The monoisotopic (exact) mass is 314 g/mol. The number of rotatable bonds is 4. The zero-order valence-electron chi connectivity index (χ0n) is 13.7. The molecular formula is C19H26N2O2. The van der Waals surface area contributed by atoms with Crippen LogP contribution in [0.5, 0.6) is 0 Å². The molecule has 1 unspecified atom stereocenters. The molecule has 1 N–H and O–H groups in total. The molecule has 4 heteroatoms. The molecule has 2 fully saturated rings. The SMILES string of the molecule is N#Cc1cccc(CN2CCC3(CC2)CC(CCO)CCO3)c1. The van der Waals surface area contributed by atoms with E-state index in [1.807, 2.05) is 18.2 Å². The van der Waals surface area contributed by atoms with Crippen LogP contribution in [0.3, 0.4) is 0 Å². The number of ether oxygens (including phenoxy) is 1. The first-order valence-electron chi connectivity index (χ1n) is 8.69. The Morgan fingerprint density at radius 3 is 2.91 bits per heavy atom. The van der Waals surface area contributed by atoms with Gasteiger partial charge in [-0.2, -0.15) is 5.26 Å². The highest BCUT2D eigenvalue weighted by Gasteiger charge is 2.39. The quantitative estimate of drug-likeness (QED) is 0.928. The molecule has 0 saturated carbocycles. The first kappa shape index (κ1) is 16.4. The minimum Gasteiger partial charge on any atom is -0.396 e. The zero-order chi connectivity index (χ0) is 16.1. The molecule has 2 aliphatic rings. The van der Waals surface area contributed by atoms with Crippen LogP contribution in [0.25, 0.3) is 0 Å². The summed E-state index contributed by atoms with van der Waals surface area (Å²) < 4.78 is 6.17. The van der Waals surface area contributed by atoms with Crippen LogP contribution in [0.4, 0.5) is 0 Å². The third kappa shape index (κ3) is 4.11. The summed E-state index contributed by atoms with van der Waals surface area (Å²) in [6.45, 7) is 4.13. The Morgan fingerprint density at radius 1 is 1.35 bits per heavy atom. The van der Waals surface area contributed by atoms with E-state index >= 15 is 0 Å². The minimum atomic E-state index is 0.0447. The lowest BCUT2D eigenvalue weighted by Gasteiger charge is -2.46. The normalized spacial score (nSPS) is 24.4. The van der Waals surface area contributed by atoms with E-state index < -0.39 is 0 Å². The number of nitriles is 1. The van der Waals surface area contributed by atoms with Crippen LogP contribution in [-0.4, -0.2) is 41.9 Å². The molecule has 0 aliphatic carbocycles. The predicted molar refractivity (Wildman–Crippen MR) is 88.8 cm³/mol. The molecule has 2 saturated heterocycles. The molecule has 1 aromatic carbocycles. The van der Waals surface area contributed by atoms with Crippen molar-refractivity contribution in [3.63, 3.8) is 0 Å². The van der Waals surface area contributed by atoms with Gasteiger partial charge in [-0.1, -0.05) is 12.1 Å². The Kier molecular flexibility index (Phi) is 5.32. The van der Waals surface area contributed by atoms with Crippen LogP contribution in [0.2, 0.25) is 0 Å². The average Bonchev–Trinajstić information content (AvgIpc) is 2.58. The van der Waals surface area contributed by atoms with Crippen molar-refractivity contribution in [2.45, 2.75) is 44.2 Å². The number of hydrogen-bond donors (Lipinski definition) is 1. The first-order chi connectivity index (χ1) is 11.2. The van der Waals surface area contributed by atoms with Gasteiger partial charge in [0, 0.05) is 32.8 Å². The van der Waals surface area contributed by atoms with Gasteiger partial charge in [-0.25, -0.2) is 0 Å². The van der Waals surface area contributed by atoms with Gasteiger partial charge in [0.05, 0.1) is 17.2 Å². The van der Waals surface area contributed by atoms with Gasteiger partial charge in [0.1, 0.15) is 0 Å². The second kappa shape index (κ2) is 7.44. The largest absolute Gasteiger partial charge is 0.396 e. The number of benzene rings is 1. The fourth-order valence-corrected chi connectivity index (χ4v) is 4.02.